The number of aromatic hydroxyl groups is 1. The van der Waals surface area contributed by atoms with Crippen LogP contribution in [0, 0.1) is 11.6 Å². The van der Waals surface area contributed by atoms with Crippen LogP contribution in [0.5, 0.6) is 5.75 Å². The van der Waals surface area contributed by atoms with Gasteiger partial charge >= 0.3 is 6.18 Å². The van der Waals surface area contributed by atoms with E-state index in [1.165, 1.54) is 10.9 Å². The standard InChI is InChI=1S/C19H17F5N4O2/c1-27-13-8-14(28-3-2-5-30-6-4-28)25-9-11(13)17(26-27)10-7-12(19(22,23)24)16(21)18(29)15(10)20/h7-9,29H,2-6H2,1H3. The van der Waals surface area contributed by atoms with E-state index in [4.69, 9.17) is 4.74 Å². The molecule has 0 spiro atoms. The van der Waals surface area contributed by atoms with Crippen LogP contribution < -0.4 is 4.90 Å². The van der Waals surface area contributed by atoms with Crippen LogP contribution in [0.2, 0.25) is 0 Å². The lowest BCUT2D eigenvalue weighted by molar-refractivity contribution is -0.140. The zero-order chi connectivity index (χ0) is 21.6. The minimum absolute atomic E-state index is 0.177. The van der Waals surface area contributed by atoms with Gasteiger partial charge in [0.15, 0.2) is 17.4 Å². The average Bonchev–Trinajstić information content (AvgIpc) is 2.87. The molecule has 1 saturated heterocycles. The van der Waals surface area contributed by atoms with Gasteiger partial charge in [-0.2, -0.15) is 18.3 Å². The Morgan fingerprint density at radius 2 is 1.87 bits per heavy atom. The van der Waals surface area contributed by atoms with Gasteiger partial charge in [-0.15, -0.1) is 0 Å². The van der Waals surface area contributed by atoms with Gasteiger partial charge in [-0.05, 0) is 12.5 Å². The molecule has 0 radical (unpaired) electrons. The summed E-state index contributed by atoms with van der Waals surface area (Å²) in [5, 5.41) is 14.0. The van der Waals surface area contributed by atoms with Gasteiger partial charge in [0, 0.05) is 50.0 Å². The maximum atomic E-state index is 14.5. The lowest BCUT2D eigenvalue weighted by Crippen LogP contribution is -2.26. The number of aryl methyl sites for hydroxylation is 1. The highest BCUT2D eigenvalue weighted by molar-refractivity contribution is 5.94. The van der Waals surface area contributed by atoms with Crippen LogP contribution in [0.25, 0.3) is 22.2 Å². The predicted octanol–water partition coefficient (Wildman–Crippen LogP) is 3.86. The number of aromatic nitrogens is 3. The first kappa shape index (κ1) is 20.3. The van der Waals surface area contributed by atoms with Crippen molar-refractivity contribution in [3.63, 3.8) is 0 Å². The summed E-state index contributed by atoms with van der Waals surface area (Å²) < 4.78 is 74.5. The van der Waals surface area contributed by atoms with Gasteiger partial charge < -0.3 is 14.7 Å². The van der Waals surface area contributed by atoms with Crippen LogP contribution in [-0.4, -0.2) is 46.2 Å². The Morgan fingerprint density at radius 1 is 1.10 bits per heavy atom. The molecule has 4 rings (SSSR count). The Labute approximate surface area is 167 Å². The number of phenols is 1. The molecule has 0 amide bonds. The number of anilines is 1. The molecular weight excluding hydrogens is 411 g/mol. The van der Waals surface area contributed by atoms with Crippen molar-refractivity contribution in [3.8, 4) is 17.0 Å². The Morgan fingerprint density at radius 3 is 2.60 bits per heavy atom. The summed E-state index contributed by atoms with van der Waals surface area (Å²) in [7, 11) is 1.55. The summed E-state index contributed by atoms with van der Waals surface area (Å²) >= 11 is 0. The van der Waals surface area contributed by atoms with Gasteiger partial charge in [-0.25, -0.2) is 13.8 Å². The lowest BCUT2D eigenvalue weighted by atomic mass is 10.0. The maximum Gasteiger partial charge on any atom is 0.419 e. The topological polar surface area (TPSA) is 63.4 Å². The largest absolute Gasteiger partial charge is 0.503 e. The van der Waals surface area contributed by atoms with Crippen LogP contribution in [-0.2, 0) is 18.0 Å². The van der Waals surface area contributed by atoms with Crippen LogP contribution in [0.15, 0.2) is 18.3 Å². The number of ether oxygens (including phenoxy) is 1. The van der Waals surface area contributed by atoms with E-state index in [1.54, 1.807) is 13.1 Å². The molecule has 160 valence electrons. The van der Waals surface area contributed by atoms with Crippen LogP contribution in [0.1, 0.15) is 12.0 Å². The molecule has 30 heavy (non-hydrogen) atoms. The Balaban J connectivity index is 1.85. The first-order valence-corrected chi connectivity index (χ1v) is 9.12. The molecule has 11 heteroatoms. The van der Waals surface area contributed by atoms with Gasteiger partial charge in [0.2, 0.25) is 0 Å². The van der Waals surface area contributed by atoms with Gasteiger partial charge in [0.1, 0.15) is 11.5 Å². The SMILES string of the molecule is Cn1nc(-c2cc(C(F)(F)F)c(F)c(O)c2F)c2cnc(N3CCCOCC3)cc21. The number of hydrogen-bond acceptors (Lipinski definition) is 5. The van der Waals surface area contributed by atoms with Crippen LogP contribution >= 0.6 is 0 Å². The van der Waals surface area contributed by atoms with Gasteiger partial charge in [0.25, 0.3) is 0 Å². The van der Waals surface area contributed by atoms with Crippen molar-refractivity contribution in [1.82, 2.24) is 14.8 Å². The molecule has 6 nitrogen and oxygen atoms in total. The number of pyridine rings is 1. The highest BCUT2D eigenvalue weighted by Gasteiger charge is 2.38. The highest BCUT2D eigenvalue weighted by atomic mass is 19.4. The fourth-order valence-corrected chi connectivity index (χ4v) is 3.49. The Hall–Kier alpha value is -2.95. The zero-order valence-electron chi connectivity index (χ0n) is 15.8. The summed E-state index contributed by atoms with van der Waals surface area (Å²) in [4.78, 5) is 6.35. The first-order chi connectivity index (χ1) is 14.2. The second-order valence-electron chi connectivity index (χ2n) is 6.93. The van der Waals surface area contributed by atoms with E-state index in [2.05, 4.69) is 10.1 Å². The minimum Gasteiger partial charge on any atom is -0.503 e. The van der Waals surface area contributed by atoms with Crippen molar-refractivity contribution in [1.29, 1.82) is 0 Å². The third kappa shape index (κ3) is 3.42. The van der Waals surface area contributed by atoms with Crippen molar-refractivity contribution in [2.45, 2.75) is 12.6 Å². The van der Waals surface area contributed by atoms with Crippen LogP contribution in [0.3, 0.4) is 0 Å². The molecule has 0 aliphatic carbocycles. The van der Waals surface area contributed by atoms with E-state index < -0.39 is 34.7 Å². The summed E-state index contributed by atoms with van der Waals surface area (Å²) in [6, 6.07) is 2.01. The molecule has 0 saturated carbocycles. The molecule has 1 fully saturated rings. The molecule has 0 bridgehead atoms. The maximum absolute atomic E-state index is 14.5. The van der Waals surface area contributed by atoms with Crippen LogP contribution in [0.4, 0.5) is 27.8 Å². The third-order valence-electron chi connectivity index (χ3n) is 5.01. The third-order valence-corrected chi connectivity index (χ3v) is 5.01. The molecule has 1 aromatic carbocycles. The smallest absolute Gasteiger partial charge is 0.419 e. The number of fused-ring (bicyclic) bond motifs is 1. The molecule has 1 aliphatic rings. The Kier molecular flexibility index (Phi) is 5.00. The van der Waals surface area contributed by atoms with Crippen molar-refractivity contribution < 1.29 is 31.8 Å². The second kappa shape index (κ2) is 7.38. The van der Waals surface area contributed by atoms with Gasteiger partial charge in [0.05, 0.1) is 17.7 Å². The summed E-state index contributed by atoms with van der Waals surface area (Å²) in [5.41, 5.74) is -2.12. The van der Waals surface area contributed by atoms with Gasteiger partial charge in [-0.1, -0.05) is 0 Å². The Bertz CT molecular complexity index is 1100. The van der Waals surface area contributed by atoms with E-state index >= 15 is 0 Å². The van der Waals surface area contributed by atoms with Crippen molar-refractivity contribution >= 4 is 16.7 Å². The van der Waals surface area contributed by atoms with E-state index in [0.717, 1.165) is 13.0 Å². The number of nitrogens with zero attached hydrogens (tertiary/aromatic N) is 4. The molecular formula is C19H17F5N4O2. The fourth-order valence-electron chi connectivity index (χ4n) is 3.49. The lowest BCUT2D eigenvalue weighted by Gasteiger charge is -2.20. The highest BCUT2D eigenvalue weighted by Crippen LogP contribution is 2.41. The van der Waals surface area contributed by atoms with Crippen molar-refractivity contribution in [2.24, 2.45) is 7.05 Å². The number of hydrogen-bond donors (Lipinski definition) is 1. The summed E-state index contributed by atoms with van der Waals surface area (Å²) in [6.45, 7) is 2.53. The molecule has 2 aromatic heterocycles. The number of phenolic OH excluding ortho intramolecular Hbond substituents is 1. The second-order valence-corrected chi connectivity index (χ2v) is 6.93. The molecule has 1 aliphatic heterocycles. The summed E-state index contributed by atoms with van der Waals surface area (Å²) in [5.74, 6) is -4.66. The zero-order valence-corrected chi connectivity index (χ0v) is 15.8. The normalized spacial score (nSPS) is 15.6. The number of alkyl halides is 3. The van der Waals surface area contributed by atoms with E-state index in [0.29, 0.717) is 37.2 Å². The van der Waals surface area contributed by atoms with E-state index in [-0.39, 0.29) is 11.1 Å². The molecule has 0 unspecified atom stereocenters. The first-order valence-electron chi connectivity index (χ1n) is 9.12. The number of rotatable bonds is 2. The molecule has 3 aromatic rings. The van der Waals surface area contributed by atoms with E-state index in [9.17, 15) is 27.1 Å². The average molecular weight is 428 g/mol. The minimum atomic E-state index is -5.12. The van der Waals surface area contributed by atoms with Crippen molar-refractivity contribution in [3.05, 3.63) is 35.5 Å². The van der Waals surface area contributed by atoms with Crippen molar-refractivity contribution in [2.75, 3.05) is 31.2 Å². The van der Waals surface area contributed by atoms with Gasteiger partial charge in [-0.3, -0.25) is 4.68 Å². The predicted molar refractivity (Wildman–Crippen MR) is 98.2 cm³/mol. The monoisotopic (exact) mass is 428 g/mol. The fraction of sp³-hybridized carbons (Fsp3) is 0.368. The molecule has 3 heterocycles. The molecule has 1 N–H and O–H groups in total. The summed E-state index contributed by atoms with van der Waals surface area (Å²) in [6.07, 6.45) is -2.92. The quantitative estimate of drug-likeness (QED) is 0.628. The number of halogens is 5. The van der Waals surface area contributed by atoms with E-state index in [1.807, 2.05) is 4.90 Å². The molecule has 0 atom stereocenters. The number of benzene rings is 1.